The molecule has 1 saturated heterocycles. The van der Waals surface area contributed by atoms with Crippen molar-refractivity contribution in [3.05, 3.63) is 66.9 Å². The Kier molecular flexibility index (Phi) is 6.97. The monoisotopic (exact) mass is 567 g/mol. The van der Waals surface area contributed by atoms with Gasteiger partial charge in [0.05, 0.1) is 5.52 Å². The van der Waals surface area contributed by atoms with Crippen molar-refractivity contribution in [3.63, 3.8) is 0 Å². The van der Waals surface area contributed by atoms with Crippen molar-refractivity contribution in [2.75, 3.05) is 29.9 Å². The molecule has 0 saturated carbocycles. The SMILES string of the molecule is Cc1cc(Nc2ncnc3ccc(N4CCN(C(=O)OC(C)(C)C)C(C)C4)nc23)ccc1Oc1ccn2ncnc2c1. The Hall–Kier alpha value is -5.00. The molecule has 1 atom stereocenters. The number of carbonyl (C=O) groups is 1. The topological polar surface area (TPSA) is 123 Å². The Morgan fingerprint density at radius 3 is 2.67 bits per heavy atom. The number of carbonyl (C=O) groups excluding carboxylic acids is 1. The predicted molar refractivity (Wildman–Crippen MR) is 159 cm³/mol. The first-order valence-corrected chi connectivity index (χ1v) is 13.8. The van der Waals surface area contributed by atoms with E-state index in [4.69, 9.17) is 14.5 Å². The van der Waals surface area contributed by atoms with Gasteiger partial charge in [-0.3, -0.25) is 0 Å². The van der Waals surface area contributed by atoms with Gasteiger partial charge in [0.15, 0.2) is 11.5 Å². The highest BCUT2D eigenvalue weighted by Crippen LogP contribution is 2.30. The zero-order valence-corrected chi connectivity index (χ0v) is 24.3. The van der Waals surface area contributed by atoms with Crippen LogP contribution in [0.4, 0.5) is 22.1 Å². The van der Waals surface area contributed by atoms with Crippen molar-refractivity contribution in [1.29, 1.82) is 0 Å². The number of hydrogen-bond donors (Lipinski definition) is 1. The number of benzene rings is 1. The van der Waals surface area contributed by atoms with Crippen LogP contribution in [-0.4, -0.2) is 71.8 Å². The Morgan fingerprint density at radius 1 is 1.02 bits per heavy atom. The third-order valence-electron chi connectivity index (χ3n) is 6.96. The standard InChI is InChI=1S/C30H33N9O3/c1-19-14-21(6-8-24(19)41-22-10-11-39-26(15-22)32-18-34-39)35-28-27-23(31-17-33-28)7-9-25(36-27)37-12-13-38(20(2)16-37)29(40)42-30(3,4)5/h6-11,14-15,17-18,20H,12-13,16H2,1-5H3,(H,31,33,35). The molecule has 0 bridgehead atoms. The lowest BCUT2D eigenvalue weighted by molar-refractivity contribution is 0.0158. The van der Waals surface area contributed by atoms with Crippen LogP contribution >= 0.6 is 0 Å². The molecule has 1 unspecified atom stereocenters. The summed E-state index contributed by atoms with van der Waals surface area (Å²) in [5.41, 5.74) is 3.38. The number of amides is 1. The van der Waals surface area contributed by atoms with Crippen molar-refractivity contribution in [2.45, 2.75) is 46.3 Å². The first kappa shape index (κ1) is 27.2. The molecular weight excluding hydrogens is 534 g/mol. The molecule has 0 aliphatic carbocycles. The second kappa shape index (κ2) is 10.8. The highest BCUT2D eigenvalue weighted by atomic mass is 16.6. The summed E-state index contributed by atoms with van der Waals surface area (Å²) in [5, 5.41) is 7.52. The van der Waals surface area contributed by atoms with Crippen LogP contribution in [0.3, 0.4) is 0 Å². The van der Waals surface area contributed by atoms with E-state index in [1.165, 1.54) is 12.7 Å². The van der Waals surface area contributed by atoms with E-state index in [1.54, 1.807) is 9.42 Å². The van der Waals surface area contributed by atoms with Gasteiger partial charge in [-0.1, -0.05) is 0 Å². The van der Waals surface area contributed by atoms with E-state index in [0.717, 1.165) is 28.3 Å². The summed E-state index contributed by atoms with van der Waals surface area (Å²) in [6, 6.07) is 13.4. The molecule has 5 heterocycles. The van der Waals surface area contributed by atoms with Crippen molar-refractivity contribution in [3.8, 4) is 11.5 Å². The van der Waals surface area contributed by atoms with Gasteiger partial charge in [0, 0.05) is 43.6 Å². The van der Waals surface area contributed by atoms with Crippen LogP contribution in [0.5, 0.6) is 11.5 Å². The number of hydrogen-bond acceptors (Lipinski definition) is 10. The van der Waals surface area contributed by atoms with Crippen LogP contribution in [0.25, 0.3) is 16.7 Å². The van der Waals surface area contributed by atoms with Crippen molar-refractivity contribution < 1.29 is 14.3 Å². The van der Waals surface area contributed by atoms with Gasteiger partial charge in [-0.15, -0.1) is 0 Å². The van der Waals surface area contributed by atoms with E-state index < -0.39 is 5.60 Å². The number of aromatic nitrogens is 6. The number of aryl methyl sites for hydroxylation is 1. The first-order chi connectivity index (χ1) is 20.1. The lowest BCUT2D eigenvalue weighted by Gasteiger charge is -2.40. The molecule has 1 amide bonds. The predicted octanol–water partition coefficient (Wildman–Crippen LogP) is 5.36. The van der Waals surface area contributed by atoms with Gasteiger partial charge in [0.25, 0.3) is 0 Å². The molecule has 1 N–H and O–H groups in total. The molecule has 12 heteroatoms. The van der Waals surface area contributed by atoms with Gasteiger partial charge in [-0.05, 0) is 76.6 Å². The maximum absolute atomic E-state index is 12.7. The van der Waals surface area contributed by atoms with E-state index in [1.807, 2.05) is 83.3 Å². The van der Waals surface area contributed by atoms with Gasteiger partial charge < -0.3 is 24.6 Å². The zero-order valence-electron chi connectivity index (χ0n) is 24.3. The molecule has 5 aromatic rings. The molecule has 0 radical (unpaired) electrons. The fraction of sp³-hybridized carbons (Fsp3) is 0.333. The average molecular weight is 568 g/mol. The Balaban J connectivity index is 1.18. The lowest BCUT2D eigenvalue weighted by atomic mass is 10.2. The lowest BCUT2D eigenvalue weighted by Crippen LogP contribution is -2.55. The summed E-state index contributed by atoms with van der Waals surface area (Å²) in [6.07, 6.45) is 4.56. The number of pyridine rings is 2. The summed E-state index contributed by atoms with van der Waals surface area (Å²) in [5.74, 6) is 2.82. The number of rotatable bonds is 5. The molecule has 1 aromatic carbocycles. The van der Waals surface area contributed by atoms with E-state index in [2.05, 4.69) is 30.3 Å². The summed E-state index contributed by atoms with van der Waals surface area (Å²) >= 11 is 0. The second-order valence-electron chi connectivity index (χ2n) is 11.4. The molecule has 1 aliphatic heterocycles. The van der Waals surface area contributed by atoms with Gasteiger partial charge in [0.2, 0.25) is 0 Å². The number of nitrogens with one attached hydrogen (secondary N) is 1. The number of piperazine rings is 1. The largest absolute Gasteiger partial charge is 0.457 e. The molecule has 4 aromatic heterocycles. The Bertz CT molecular complexity index is 1760. The smallest absolute Gasteiger partial charge is 0.410 e. The molecular formula is C30H33N9O3. The normalized spacial score (nSPS) is 15.7. The van der Waals surface area contributed by atoms with Gasteiger partial charge in [-0.2, -0.15) is 5.10 Å². The summed E-state index contributed by atoms with van der Waals surface area (Å²) < 4.78 is 13.4. The zero-order chi connectivity index (χ0) is 29.4. The molecule has 1 fully saturated rings. The minimum absolute atomic E-state index is 0.0299. The van der Waals surface area contributed by atoms with Crippen LogP contribution in [0.2, 0.25) is 0 Å². The van der Waals surface area contributed by atoms with Crippen LogP contribution in [0.1, 0.15) is 33.3 Å². The molecule has 0 spiro atoms. The van der Waals surface area contributed by atoms with Gasteiger partial charge in [0.1, 0.15) is 41.1 Å². The van der Waals surface area contributed by atoms with Gasteiger partial charge >= 0.3 is 6.09 Å². The first-order valence-electron chi connectivity index (χ1n) is 13.8. The number of ether oxygens (including phenoxy) is 2. The summed E-state index contributed by atoms with van der Waals surface area (Å²) in [6.45, 7) is 11.5. The number of nitrogens with zero attached hydrogens (tertiary/aromatic N) is 8. The second-order valence-corrected chi connectivity index (χ2v) is 11.4. The highest BCUT2D eigenvalue weighted by Gasteiger charge is 2.31. The van der Waals surface area contributed by atoms with Crippen LogP contribution < -0.4 is 15.0 Å². The maximum atomic E-state index is 12.7. The summed E-state index contributed by atoms with van der Waals surface area (Å²) in [4.78, 5) is 34.7. The van der Waals surface area contributed by atoms with E-state index in [9.17, 15) is 4.79 Å². The molecule has 216 valence electrons. The Morgan fingerprint density at radius 2 is 1.88 bits per heavy atom. The molecule has 42 heavy (non-hydrogen) atoms. The minimum Gasteiger partial charge on any atom is -0.457 e. The summed E-state index contributed by atoms with van der Waals surface area (Å²) in [7, 11) is 0. The van der Waals surface area contributed by atoms with Crippen LogP contribution in [0, 0.1) is 6.92 Å². The Labute approximate surface area is 243 Å². The third kappa shape index (κ3) is 5.73. The van der Waals surface area contributed by atoms with Crippen LogP contribution in [0.15, 0.2) is 61.3 Å². The average Bonchev–Trinajstić information content (AvgIpc) is 3.41. The van der Waals surface area contributed by atoms with Crippen LogP contribution in [-0.2, 0) is 4.74 Å². The fourth-order valence-electron chi connectivity index (χ4n) is 4.92. The maximum Gasteiger partial charge on any atom is 0.410 e. The fourth-order valence-corrected chi connectivity index (χ4v) is 4.92. The molecule has 6 rings (SSSR count). The van der Waals surface area contributed by atoms with Crippen molar-refractivity contribution in [2.24, 2.45) is 0 Å². The van der Waals surface area contributed by atoms with Gasteiger partial charge in [-0.25, -0.2) is 29.2 Å². The third-order valence-corrected chi connectivity index (χ3v) is 6.96. The quantitative estimate of drug-likeness (QED) is 0.297. The highest BCUT2D eigenvalue weighted by molar-refractivity contribution is 5.88. The minimum atomic E-state index is -0.531. The molecule has 1 aliphatic rings. The van der Waals surface area contributed by atoms with Crippen molar-refractivity contribution >= 4 is 40.1 Å². The van der Waals surface area contributed by atoms with E-state index in [0.29, 0.717) is 42.4 Å². The number of fused-ring (bicyclic) bond motifs is 2. The van der Waals surface area contributed by atoms with E-state index in [-0.39, 0.29) is 12.1 Å². The molecule has 12 nitrogen and oxygen atoms in total. The number of anilines is 3. The van der Waals surface area contributed by atoms with Crippen molar-refractivity contribution in [1.82, 2.24) is 34.4 Å². The van der Waals surface area contributed by atoms with E-state index >= 15 is 0 Å².